The van der Waals surface area contributed by atoms with Crippen molar-refractivity contribution in [3.8, 4) is 0 Å². The van der Waals surface area contributed by atoms with E-state index in [1.165, 1.54) is 0 Å². The zero-order valence-corrected chi connectivity index (χ0v) is 16.2. The molecule has 7 heteroatoms. The van der Waals surface area contributed by atoms with Gasteiger partial charge in [-0.1, -0.05) is 47.5 Å². The number of carbonyl (C=O) groups is 2. The molecule has 3 aromatic rings. The van der Waals surface area contributed by atoms with Gasteiger partial charge < -0.3 is 16.0 Å². The van der Waals surface area contributed by atoms with Crippen LogP contribution in [-0.4, -0.2) is 18.4 Å². The second kappa shape index (κ2) is 9.26. The van der Waals surface area contributed by atoms with Crippen molar-refractivity contribution in [2.24, 2.45) is 0 Å². The van der Waals surface area contributed by atoms with E-state index in [2.05, 4.69) is 16.0 Å². The molecular weight excluding hydrogens is 397 g/mol. The van der Waals surface area contributed by atoms with Gasteiger partial charge in [-0.15, -0.1) is 0 Å². The molecule has 0 saturated heterocycles. The van der Waals surface area contributed by atoms with E-state index in [9.17, 15) is 9.59 Å². The molecule has 0 atom stereocenters. The Hall–Kier alpha value is -3.02. The summed E-state index contributed by atoms with van der Waals surface area (Å²) in [7, 11) is 0. The van der Waals surface area contributed by atoms with Gasteiger partial charge in [-0.3, -0.25) is 9.59 Å². The summed E-state index contributed by atoms with van der Waals surface area (Å²) in [6.07, 6.45) is 0. The molecule has 28 heavy (non-hydrogen) atoms. The lowest BCUT2D eigenvalue weighted by molar-refractivity contribution is -0.114. The van der Waals surface area contributed by atoms with Gasteiger partial charge in [-0.25, -0.2) is 0 Å². The van der Waals surface area contributed by atoms with E-state index in [4.69, 9.17) is 23.2 Å². The zero-order valence-electron chi connectivity index (χ0n) is 14.7. The van der Waals surface area contributed by atoms with Gasteiger partial charge in [0.1, 0.15) is 0 Å². The molecule has 0 heterocycles. The van der Waals surface area contributed by atoms with Crippen molar-refractivity contribution in [1.29, 1.82) is 0 Å². The lowest BCUT2D eigenvalue weighted by Gasteiger charge is -2.10. The Balaban J connectivity index is 1.57. The van der Waals surface area contributed by atoms with Crippen LogP contribution < -0.4 is 16.0 Å². The molecular formula is C21H17Cl2N3O2. The first-order valence-corrected chi connectivity index (χ1v) is 9.21. The summed E-state index contributed by atoms with van der Waals surface area (Å²) in [5.41, 5.74) is 2.36. The third-order valence-corrected chi connectivity index (χ3v) is 4.19. The number of anilines is 3. The largest absolute Gasteiger partial charge is 0.376 e. The highest BCUT2D eigenvalue weighted by Gasteiger charge is 2.07. The first-order chi connectivity index (χ1) is 13.5. The Morgan fingerprint density at radius 1 is 0.714 bits per heavy atom. The molecule has 3 N–H and O–H groups in total. The Morgan fingerprint density at radius 3 is 2.04 bits per heavy atom. The molecule has 0 bridgehead atoms. The van der Waals surface area contributed by atoms with E-state index < -0.39 is 0 Å². The average molecular weight is 414 g/mol. The summed E-state index contributed by atoms with van der Waals surface area (Å²) >= 11 is 11.9. The number of hydrogen-bond acceptors (Lipinski definition) is 3. The van der Waals surface area contributed by atoms with E-state index in [1.807, 2.05) is 6.07 Å². The zero-order chi connectivity index (χ0) is 19.9. The van der Waals surface area contributed by atoms with Crippen molar-refractivity contribution >= 4 is 52.1 Å². The molecule has 2 amide bonds. The fraction of sp³-hybridized carbons (Fsp3) is 0.0476. The molecule has 3 aromatic carbocycles. The second-order valence-electron chi connectivity index (χ2n) is 5.96. The predicted molar refractivity (Wildman–Crippen MR) is 114 cm³/mol. The van der Waals surface area contributed by atoms with Gasteiger partial charge in [0.05, 0.1) is 6.54 Å². The third-order valence-electron chi connectivity index (χ3n) is 3.76. The summed E-state index contributed by atoms with van der Waals surface area (Å²) in [6.45, 7) is 0.0390. The minimum atomic E-state index is -0.248. The van der Waals surface area contributed by atoms with Gasteiger partial charge >= 0.3 is 0 Å². The van der Waals surface area contributed by atoms with E-state index >= 15 is 0 Å². The highest BCUT2D eigenvalue weighted by molar-refractivity contribution is 6.35. The maximum absolute atomic E-state index is 12.2. The van der Waals surface area contributed by atoms with Crippen LogP contribution in [0.1, 0.15) is 10.4 Å². The first-order valence-electron chi connectivity index (χ1n) is 8.46. The van der Waals surface area contributed by atoms with E-state index in [-0.39, 0.29) is 18.4 Å². The summed E-state index contributed by atoms with van der Waals surface area (Å²) in [4.78, 5) is 24.4. The van der Waals surface area contributed by atoms with Crippen LogP contribution in [0.15, 0.2) is 72.8 Å². The van der Waals surface area contributed by atoms with Crippen molar-refractivity contribution in [3.05, 3.63) is 88.4 Å². The summed E-state index contributed by atoms with van der Waals surface area (Å²) in [5.74, 6) is -0.466. The third kappa shape index (κ3) is 5.74. The second-order valence-corrected chi connectivity index (χ2v) is 6.83. The van der Waals surface area contributed by atoms with Crippen LogP contribution in [0.3, 0.4) is 0 Å². The van der Waals surface area contributed by atoms with Gasteiger partial charge in [0, 0.05) is 32.7 Å². The monoisotopic (exact) mass is 413 g/mol. The number of hydrogen-bond donors (Lipinski definition) is 3. The SMILES string of the molecule is O=C(CNc1cc(Cl)cc(Cl)c1)Nc1cccc(NC(=O)c2ccccc2)c1. The molecule has 0 saturated carbocycles. The number of nitrogens with one attached hydrogen (secondary N) is 3. The van der Waals surface area contributed by atoms with Crippen molar-refractivity contribution in [2.45, 2.75) is 0 Å². The van der Waals surface area contributed by atoms with E-state index in [0.717, 1.165) is 0 Å². The first kappa shape index (κ1) is 19.7. The standard InChI is InChI=1S/C21H17Cl2N3O2/c22-15-9-16(23)11-19(10-15)24-13-20(27)25-17-7-4-8-18(12-17)26-21(28)14-5-2-1-3-6-14/h1-12,24H,13H2,(H,25,27)(H,26,28). The molecule has 0 spiro atoms. The number of halogens is 2. The topological polar surface area (TPSA) is 70.2 Å². The van der Waals surface area contributed by atoms with Crippen molar-refractivity contribution in [2.75, 3.05) is 22.5 Å². The minimum absolute atomic E-state index is 0.0390. The molecule has 0 aliphatic heterocycles. The predicted octanol–water partition coefficient (Wildman–Crippen LogP) is 5.30. The number of benzene rings is 3. The molecule has 0 aliphatic rings. The minimum Gasteiger partial charge on any atom is -0.376 e. The van der Waals surface area contributed by atoms with E-state index in [0.29, 0.717) is 32.7 Å². The normalized spacial score (nSPS) is 10.2. The van der Waals surface area contributed by atoms with Crippen LogP contribution in [0.4, 0.5) is 17.1 Å². The lowest BCUT2D eigenvalue weighted by Crippen LogP contribution is -2.21. The van der Waals surface area contributed by atoms with E-state index in [1.54, 1.807) is 66.7 Å². The van der Waals surface area contributed by atoms with Crippen LogP contribution >= 0.6 is 23.2 Å². The Labute approximate surface area is 172 Å². The summed E-state index contributed by atoms with van der Waals surface area (Å²) < 4.78 is 0. The van der Waals surface area contributed by atoms with Gasteiger partial charge in [-0.05, 0) is 48.5 Å². The quantitative estimate of drug-likeness (QED) is 0.513. The van der Waals surface area contributed by atoms with Crippen LogP contribution in [0, 0.1) is 0 Å². The Kier molecular flexibility index (Phi) is 6.53. The summed E-state index contributed by atoms with van der Waals surface area (Å²) in [6, 6.07) is 20.8. The highest BCUT2D eigenvalue weighted by Crippen LogP contribution is 2.22. The van der Waals surface area contributed by atoms with Gasteiger partial charge in [0.15, 0.2) is 0 Å². The van der Waals surface area contributed by atoms with Crippen molar-refractivity contribution in [3.63, 3.8) is 0 Å². The van der Waals surface area contributed by atoms with Crippen LogP contribution in [0.5, 0.6) is 0 Å². The molecule has 0 unspecified atom stereocenters. The van der Waals surface area contributed by atoms with Crippen LogP contribution in [-0.2, 0) is 4.79 Å². The fourth-order valence-corrected chi connectivity index (χ4v) is 3.04. The van der Waals surface area contributed by atoms with Gasteiger partial charge in [0.25, 0.3) is 5.91 Å². The van der Waals surface area contributed by atoms with Gasteiger partial charge in [0.2, 0.25) is 5.91 Å². The Morgan fingerprint density at radius 2 is 1.36 bits per heavy atom. The molecule has 0 aromatic heterocycles. The summed E-state index contributed by atoms with van der Waals surface area (Å²) in [5, 5.41) is 9.51. The molecule has 3 rings (SSSR count). The number of carbonyl (C=O) groups excluding carboxylic acids is 2. The molecule has 5 nitrogen and oxygen atoms in total. The number of amides is 2. The van der Waals surface area contributed by atoms with Gasteiger partial charge in [-0.2, -0.15) is 0 Å². The van der Waals surface area contributed by atoms with Crippen LogP contribution in [0.25, 0.3) is 0 Å². The Bertz CT molecular complexity index is 974. The number of rotatable bonds is 6. The maximum atomic E-state index is 12.2. The maximum Gasteiger partial charge on any atom is 0.255 e. The highest BCUT2D eigenvalue weighted by atomic mass is 35.5. The molecule has 142 valence electrons. The average Bonchev–Trinajstić information content (AvgIpc) is 2.67. The molecule has 0 radical (unpaired) electrons. The van der Waals surface area contributed by atoms with Crippen molar-refractivity contribution < 1.29 is 9.59 Å². The lowest BCUT2D eigenvalue weighted by atomic mass is 10.2. The van der Waals surface area contributed by atoms with Crippen LogP contribution in [0.2, 0.25) is 10.0 Å². The fourth-order valence-electron chi connectivity index (χ4n) is 2.51. The molecule has 0 fully saturated rings. The smallest absolute Gasteiger partial charge is 0.255 e. The van der Waals surface area contributed by atoms with Crippen molar-refractivity contribution in [1.82, 2.24) is 0 Å². The molecule has 0 aliphatic carbocycles.